The van der Waals surface area contributed by atoms with Crippen LogP contribution in [0.1, 0.15) is 22.3 Å². The summed E-state index contributed by atoms with van der Waals surface area (Å²) in [5.74, 6) is 0.899. The van der Waals surface area contributed by atoms with Gasteiger partial charge < -0.3 is 5.32 Å². The van der Waals surface area contributed by atoms with Crippen LogP contribution in [-0.2, 0) is 6.54 Å². The van der Waals surface area contributed by atoms with E-state index in [1.165, 1.54) is 22.3 Å². The van der Waals surface area contributed by atoms with Crippen molar-refractivity contribution in [1.82, 2.24) is 4.98 Å². The van der Waals surface area contributed by atoms with Crippen molar-refractivity contribution in [1.29, 1.82) is 0 Å². The Hall–Kier alpha value is -1.35. The number of hydrogen-bond donors (Lipinski definition) is 1. The zero-order chi connectivity index (χ0) is 13.1. The number of aryl methyl sites for hydroxylation is 3. The highest BCUT2D eigenvalue weighted by molar-refractivity contribution is 9.10. The van der Waals surface area contributed by atoms with Gasteiger partial charge in [0.2, 0.25) is 0 Å². The normalized spacial score (nSPS) is 10.4. The third kappa shape index (κ3) is 3.10. The molecule has 0 amide bonds. The molecule has 0 unspecified atom stereocenters. The second-order valence-electron chi connectivity index (χ2n) is 4.58. The second-order valence-corrected chi connectivity index (χ2v) is 5.49. The van der Waals surface area contributed by atoms with Gasteiger partial charge in [0, 0.05) is 17.2 Å². The molecule has 0 atom stereocenters. The second kappa shape index (κ2) is 5.53. The average Bonchev–Trinajstić information content (AvgIpc) is 2.34. The number of hydrogen-bond acceptors (Lipinski definition) is 2. The van der Waals surface area contributed by atoms with Gasteiger partial charge in [-0.15, -0.1) is 0 Å². The Labute approximate surface area is 117 Å². The Morgan fingerprint density at radius 3 is 2.44 bits per heavy atom. The van der Waals surface area contributed by atoms with Gasteiger partial charge in [-0.2, -0.15) is 0 Å². The molecule has 1 aromatic heterocycles. The van der Waals surface area contributed by atoms with E-state index in [0.29, 0.717) is 0 Å². The van der Waals surface area contributed by atoms with E-state index in [0.717, 1.165) is 16.8 Å². The molecule has 1 N–H and O–H groups in total. The van der Waals surface area contributed by atoms with Crippen molar-refractivity contribution in [3.05, 3.63) is 57.2 Å². The summed E-state index contributed by atoms with van der Waals surface area (Å²) in [5, 5.41) is 3.34. The first-order valence-corrected chi connectivity index (χ1v) is 6.77. The van der Waals surface area contributed by atoms with Crippen molar-refractivity contribution in [2.24, 2.45) is 0 Å². The minimum absolute atomic E-state index is 0.807. The molecule has 0 bridgehead atoms. The van der Waals surface area contributed by atoms with Crippen LogP contribution >= 0.6 is 15.9 Å². The number of nitrogens with one attached hydrogen (secondary N) is 1. The summed E-state index contributed by atoms with van der Waals surface area (Å²) < 4.78 is 0.996. The number of nitrogens with zero attached hydrogens (tertiary/aromatic N) is 1. The monoisotopic (exact) mass is 304 g/mol. The molecule has 2 aromatic rings. The molecule has 3 heteroatoms. The highest BCUT2D eigenvalue weighted by atomic mass is 79.9. The molecule has 0 radical (unpaired) electrons. The molecule has 0 fully saturated rings. The first kappa shape index (κ1) is 13.1. The van der Waals surface area contributed by atoms with Crippen LogP contribution in [0.4, 0.5) is 5.82 Å². The van der Waals surface area contributed by atoms with E-state index in [1.807, 2.05) is 12.1 Å². The highest BCUT2D eigenvalue weighted by Gasteiger charge is 2.02. The molecular formula is C15H17BrN2. The van der Waals surface area contributed by atoms with Crippen LogP contribution in [0.15, 0.2) is 34.9 Å². The Bertz CT molecular complexity index is 547. The number of benzene rings is 1. The molecular weight excluding hydrogens is 288 g/mol. The van der Waals surface area contributed by atoms with Gasteiger partial charge in [0.1, 0.15) is 5.82 Å². The van der Waals surface area contributed by atoms with Crippen LogP contribution in [0.3, 0.4) is 0 Å². The average molecular weight is 305 g/mol. The maximum Gasteiger partial charge on any atom is 0.126 e. The lowest BCUT2D eigenvalue weighted by molar-refractivity contribution is 1.07. The van der Waals surface area contributed by atoms with Crippen LogP contribution in [-0.4, -0.2) is 4.98 Å². The molecule has 2 nitrogen and oxygen atoms in total. The first-order chi connectivity index (χ1) is 8.56. The van der Waals surface area contributed by atoms with Gasteiger partial charge in [-0.25, -0.2) is 4.98 Å². The van der Waals surface area contributed by atoms with Gasteiger partial charge in [0.25, 0.3) is 0 Å². The molecule has 0 saturated carbocycles. The van der Waals surface area contributed by atoms with Crippen molar-refractivity contribution < 1.29 is 0 Å². The SMILES string of the molecule is Cc1cc(C)c(CNc2ccc(Br)cn2)cc1C. The minimum atomic E-state index is 0.807. The lowest BCUT2D eigenvalue weighted by Crippen LogP contribution is -2.03. The Morgan fingerprint density at radius 1 is 1.06 bits per heavy atom. The summed E-state index contributed by atoms with van der Waals surface area (Å²) in [6.07, 6.45) is 1.80. The lowest BCUT2D eigenvalue weighted by Gasteiger charge is -2.11. The van der Waals surface area contributed by atoms with E-state index in [9.17, 15) is 0 Å². The fourth-order valence-corrected chi connectivity index (χ4v) is 2.11. The summed E-state index contributed by atoms with van der Waals surface area (Å²) in [5.41, 5.74) is 5.32. The zero-order valence-electron chi connectivity index (χ0n) is 10.9. The molecule has 94 valence electrons. The van der Waals surface area contributed by atoms with Crippen LogP contribution in [0.2, 0.25) is 0 Å². The van der Waals surface area contributed by atoms with Gasteiger partial charge in [0.15, 0.2) is 0 Å². The van der Waals surface area contributed by atoms with Crippen molar-refractivity contribution >= 4 is 21.7 Å². The molecule has 18 heavy (non-hydrogen) atoms. The highest BCUT2D eigenvalue weighted by Crippen LogP contribution is 2.17. The molecule has 0 aliphatic heterocycles. The van der Waals surface area contributed by atoms with Gasteiger partial charge in [-0.3, -0.25) is 0 Å². The summed E-state index contributed by atoms with van der Waals surface area (Å²) in [6.45, 7) is 7.26. The molecule has 0 aliphatic carbocycles. The quantitative estimate of drug-likeness (QED) is 0.910. The molecule has 1 heterocycles. The minimum Gasteiger partial charge on any atom is -0.366 e. The summed E-state index contributed by atoms with van der Waals surface area (Å²) in [4.78, 5) is 4.31. The molecule has 0 saturated heterocycles. The van der Waals surface area contributed by atoms with Crippen molar-refractivity contribution in [3.63, 3.8) is 0 Å². The van der Waals surface area contributed by atoms with E-state index >= 15 is 0 Å². The van der Waals surface area contributed by atoms with E-state index in [4.69, 9.17) is 0 Å². The van der Waals surface area contributed by atoms with Crippen LogP contribution in [0, 0.1) is 20.8 Å². The molecule has 0 aliphatic rings. The predicted octanol–water partition coefficient (Wildman–Crippen LogP) is 4.38. The molecule has 2 rings (SSSR count). The van der Waals surface area contributed by atoms with Gasteiger partial charge in [-0.05, 0) is 71.1 Å². The largest absolute Gasteiger partial charge is 0.366 e. The third-order valence-electron chi connectivity index (χ3n) is 3.14. The summed E-state index contributed by atoms with van der Waals surface area (Å²) in [6, 6.07) is 8.45. The van der Waals surface area contributed by atoms with Crippen molar-refractivity contribution in [2.75, 3.05) is 5.32 Å². The van der Waals surface area contributed by atoms with Gasteiger partial charge in [-0.1, -0.05) is 12.1 Å². The summed E-state index contributed by atoms with van der Waals surface area (Å²) >= 11 is 3.38. The number of rotatable bonds is 3. The van der Waals surface area contributed by atoms with Crippen LogP contribution < -0.4 is 5.32 Å². The number of anilines is 1. The van der Waals surface area contributed by atoms with Crippen molar-refractivity contribution in [3.8, 4) is 0 Å². The van der Waals surface area contributed by atoms with E-state index in [1.54, 1.807) is 6.20 Å². The smallest absolute Gasteiger partial charge is 0.126 e. The fourth-order valence-electron chi connectivity index (χ4n) is 1.88. The molecule has 1 aromatic carbocycles. The third-order valence-corrected chi connectivity index (χ3v) is 3.61. The standard InChI is InChI=1S/C15H17BrN2/c1-10-6-12(3)13(7-11(10)2)8-17-15-5-4-14(16)9-18-15/h4-7,9H,8H2,1-3H3,(H,17,18). The van der Waals surface area contributed by atoms with Crippen LogP contribution in [0.5, 0.6) is 0 Å². The maximum atomic E-state index is 4.31. The Morgan fingerprint density at radius 2 is 1.78 bits per heavy atom. The van der Waals surface area contributed by atoms with Gasteiger partial charge >= 0.3 is 0 Å². The zero-order valence-corrected chi connectivity index (χ0v) is 12.5. The molecule has 0 spiro atoms. The maximum absolute atomic E-state index is 4.31. The lowest BCUT2D eigenvalue weighted by atomic mass is 10.0. The number of halogens is 1. The number of pyridine rings is 1. The van der Waals surface area contributed by atoms with Gasteiger partial charge in [0.05, 0.1) is 0 Å². The Balaban J connectivity index is 2.10. The Kier molecular flexibility index (Phi) is 4.02. The van der Waals surface area contributed by atoms with E-state index < -0.39 is 0 Å². The van der Waals surface area contributed by atoms with Crippen molar-refractivity contribution in [2.45, 2.75) is 27.3 Å². The first-order valence-electron chi connectivity index (χ1n) is 5.98. The summed E-state index contributed by atoms with van der Waals surface area (Å²) in [7, 11) is 0. The van der Waals surface area contributed by atoms with Crippen LogP contribution in [0.25, 0.3) is 0 Å². The van der Waals surface area contributed by atoms with E-state index in [-0.39, 0.29) is 0 Å². The number of aromatic nitrogens is 1. The predicted molar refractivity (Wildman–Crippen MR) is 79.9 cm³/mol. The fraction of sp³-hybridized carbons (Fsp3) is 0.267. The topological polar surface area (TPSA) is 24.9 Å². The van der Waals surface area contributed by atoms with E-state index in [2.05, 4.69) is 59.1 Å².